The molecule has 1 N–H and O–H groups in total. The molecular weight excluding hydrogens is 236 g/mol. The van der Waals surface area contributed by atoms with Crippen molar-refractivity contribution in [1.82, 2.24) is 5.32 Å². The Hall–Kier alpha value is -1.53. The van der Waals surface area contributed by atoms with Gasteiger partial charge >= 0.3 is 0 Å². The molecule has 1 unspecified atom stereocenters. The van der Waals surface area contributed by atoms with Gasteiger partial charge in [0.2, 0.25) is 0 Å². The summed E-state index contributed by atoms with van der Waals surface area (Å²) >= 11 is 0. The molecule has 0 aliphatic rings. The smallest absolute Gasteiger partial charge is 0.124 e. The Morgan fingerprint density at radius 3 is 2.68 bits per heavy atom. The molecule has 1 aromatic rings. The van der Waals surface area contributed by atoms with E-state index in [9.17, 15) is 0 Å². The van der Waals surface area contributed by atoms with E-state index >= 15 is 0 Å². The molecule has 3 nitrogen and oxygen atoms in total. The van der Waals surface area contributed by atoms with E-state index in [2.05, 4.69) is 24.4 Å². The fourth-order valence-electron chi connectivity index (χ4n) is 1.88. The zero-order chi connectivity index (χ0) is 14.3. The Morgan fingerprint density at radius 2 is 2.05 bits per heavy atom. The van der Waals surface area contributed by atoms with Gasteiger partial charge in [0.05, 0.1) is 18.1 Å². The van der Waals surface area contributed by atoms with Crippen LogP contribution in [-0.2, 0) is 0 Å². The second kappa shape index (κ2) is 7.16. The first-order valence-electron chi connectivity index (χ1n) is 6.80. The van der Waals surface area contributed by atoms with Crippen molar-refractivity contribution in [1.29, 1.82) is 5.26 Å². The van der Waals surface area contributed by atoms with Crippen LogP contribution in [0.2, 0.25) is 0 Å². The number of rotatable bonds is 7. The van der Waals surface area contributed by atoms with Gasteiger partial charge < -0.3 is 10.1 Å². The van der Waals surface area contributed by atoms with Crippen LogP contribution in [0, 0.1) is 16.7 Å². The Kier molecular flexibility index (Phi) is 5.85. The number of para-hydroxylation sites is 1. The standard InChI is InChI=1S/C16H24N2O/c1-13(18-4)14-8-5-6-9-15(14)19-11-7-10-16(2,3)12-17/h5-6,8-9,13,18H,7,10-11H2,1-4H3. The molecule has 3 heteroatoms. The van der Waals surface area contributed by atoms with Crippen LogP contribution in [0.3, 0.4) is 0 Å². The lowest BCUT2D eigenvalue weighted by Crippen LogP contribution is -2.14. The van der Waals surface area contributed by atoms with Gasteiger partial charge in [0.1, 0.15) is 5.75 Å². The molecule has 0 aliphatic heterocycles. The second-order valence-corrected chi connectivity index (χ2v) is 5.50. The number of hydrogen-bond acceptors (Lipinski definition) is 3. The van der Waals surface area contributed by atoms with Crippen molar-refractivity contribution < 1.29 is 4.74 Å². The summed E-state index contributed by atoms with van der Waals surface area (Å²) in [5.41, 5.74) is 0.908. The SMILES string of the molecule is CNC(C)c1ccccc1OCCCC(C)(C)C#N. The van der Waals surface area contributed by atoms with Crippen molar-refractivity contribution in [3.8, 4) is 11.8 Å². The van der Waals surface area contributed by atoms with Crippen LogP contribution in [-0.4, -0.2) is 13.7 Å². The third kappa shape index (κ3) is 4.92. The topological polar surface area (TPSA) is 45.0 Å². The van der Waals surface area contributed by atoms with Crippen molar-refractivity contribution in [2.24, 2.45) is 5.41 Å². The molecule has 0 bridgehead atoms. The van der Waals surface area contributed by atoms with E-state index in [0.29, 0.717) is 6.61 Å². The van der Waals surface area contributed by atoms with E-state index in [1.807, 2.05) is 39.1 Å². The number of ether oxygens (including phenoxy) is 1. The predicted molar refractivity (Wildman–Crippen MR) is 78.0 cm³/mol. The highest BCUT2D eigenvalue weighted by Crippen LogP contribution is 2.25. The van der Waals surface area contributed by atoms with E-state index in [1.54, 1.807) is 0 Å². The minimum atomic E-state index is -0.263. The molecule has 0 saturated carbocycles. The van der Waals surface area contributed by atoms with Gasteiger partial charge in [-0.1, -0.05) is 18.2 Å². The van der Waals surface area contributed by atoms with Crippen molar-refractivity contribution in [3.05, 3.63) is 29.8 Å². The van der Waals surface area contributed by atoms with Crippen LogP contribution in [0.25, 0.3) is 0 Å². The van der Waals surface area contributed by atoms with Crippen LogP contribution < -0.4 is 10.1 Å². The highest BCUT2D eigenvalue weighted by atomic mass is 16.5. The summed E-state index contributed by atoms with van der Waals surface area (Å²) in [6.07, 6.45) is 1.75. The number of benzene rings is 1. The molecule has 0 heterocycles. The summed E-state index contributed by atoms with van der Waals surface area (Å²) in [4.78, 5) is 0. The molecule has 19 heavy (non-hydrogen) atoms. The summed E-state index contributed by atoms with van der Waals surface area (Å²) in [6.45, 7) is 6.69. The predicted octanol–water partition coefficient (Wildman–Crippen LogP) is 3.68. The quantitative estimate of drug-likeness (QED) is 0.761. The van der Waals surface area contributed by atoms with Crippen molar-refractivity contribution >= 4 is 0 Å². The van der Waals surface area contributed by atoms with Gasteiger partial charge in [0.15, 0.2) is 0 Å². The third-order valence-corrected chi connectivity index (χ3v) is 3.32. The maximum absolute atomic E-state index is 8.96. The molecule has 104 valence electrons. The Morgan fingerprint density at radius 1 is 1.37 bits per heavy atom. The van der Waals surface area contributed by atoms with Crippen LogP contribution in [0.1, 0.15) is 45.2 Å². The highest BCUT2D eigenvalue weighted by molar-refractivity contribution is 5.35. The monoisotopic (exact) mass is 260 g/mol. The molecule has 0 radical (unpaired) electrons. The highest BCUT2D eigenvalue weighted by Gasteiger charge is 2.16. The molecule has 1 atom stereocenters. The summed E-state index contributed by atoms with van der Waals surface area (Å²) in [6, 6.07) is 10.7. The summed E-state index contributed by atoms with van der Waals surface area (Å²) in [7, 11) is 1.94. The van der Waals surface area contributed by atoms with E-state index in [-0.39, 0.29) is 11.5 Å². The number of hydrogen-bond donors (Lipinski definition) is 1. The first-order valence-corrected chi connectivity index (χ1v) is 6.80. The Balaban J connectivity index is 2.52. The maximum Gasteiger partial charge on any atom is 0.124 e. The summed E-state index contributed by atoms with van der Waals surface area (Å²) in [5.74, 6) is 0.930. The van der Waals surface area contributed by atoms with Gasteiger partial charge in [-0.05, 0) is 46.7 Å². The Labute approximate surface area is 116 Å². The van der Waals surface area contributed by atoms with Gasteiger partial charge in [-0.3, -0.25) is 0 Å². The maximum atomic E-state index is 8.96. The molecule has 0 saturated heterocycles. The molecule has 0 spiro atoms. The lowest BCUT2D eigenvalue weighted by molar-refractivity contribution is 0.280. The zero-order valence-electron chi connectivity index (χ0n) is 12.4. The van der Waals surface area contributed by atoms with Crippen molar-refractivity contribution in [2.45, 2.75) is 39.7 Å². The van der Waals surface area contributed by atoms with E-state index < -0.39 is 0 Å². The third-order valence-electron chi connectivity index (χ3n) is 3.32. The summed E-state index contributed by atoms with van der Waals surface area (Å²) < 4.78 is 5.85. The van der Waals surface area contributed by atoms with Gasteiger partial charge in [0, 0.05) is 11.6 Å². The number of nitriles is 1. The number of nitrogens with one attached hydrogen (secondary N) is 1. The first kappa shape index (κ1) is 15.5. The van der Waals surface area contributed by atoms with Crippen LogP contribution >= 0.6 is 0 Å². The van der Waals surface area contributed by atoms with Gasteiger partial charge in [-0.2, -0.15) is 5.26 Å². The van der Waals surface area contributed by atoms with E-state index in [1.165, 1.54) is 5.56 Å². The van der Waals surface area contributed by atoms with E-state index in [4.69, 9.17) is 10.00 Å². The molecule has 1 rings (SSSR count). The minimum absolute atomic E-state index is 0.263. The van der Waals surface area contributed by atoms with Gasteiger partial charge in [-0.25, -0.2) is 0 Å². The van der Waals surface area contributed by atoms with E-state index in [0.717, 1.165) is 18.6 Å². The van der Waals surface area contributed by atoms with Crippen LogP contribution in [0.15, 0.2) is 24.3 Å². The fraction of sp³-hybridized carbons (Fsp3) is 0.562. The lowest BCUT2D eigenvalue weighted by Gasteiger charge is -2.18. The molecule has 0 amide bonds. The average Bonchev–Trinajstić information content (AvgIpc) is 2.43. The number of nitrogens with zero attached hydrogens (tertiary/aromatic N) is 1. The lowest BCUT2D eigenvalue weighted by atomic mass is 9.90. The first-order chi connectivity index (χ1) is 9.00. The van der Waals surface area contributed by atoms with Crippen LogP contribution in [0.4, 0.5) is 0 Å². The average molecular weight is 260 g/mol. The Bertz CT molecular complexity index is 435. The van der Waals surface area contributed by atoms with Crippen molar-refractivity contribution in [2.75, 3.05) is 13.7 Å². The molecule has 1 aromatic carbocycles. The summed E-state index contributed by atoms with van der Waals surface area (Å²) in [5, 5.41) is 12.2. The molecule has 0 aliphatic carbocycles. The second-order valence-electron chi connectivity index (χ2n) is 5.50. The largest absolute Gasteiger partial charge is 0.493 e. The fourth-order valence-corrected chi connectivity index (χ4v) is 1.88. The van der Waals surface area contributed by atoms with Gasteiger partial charge in [0.25, 0.3) is 0 Å². The zero-order valence-corrected chi connectivity index (χ0v) is 12.4. The van der Waals surface area contributed by atoms with Crippen LogP contribution in [0.5, 0.6) is 5.75 Å². The minimum Gasteiger partial charge on any atom is -0.493 e. The molecule has 0 aromatic heterocycles. The van der Waals surface area contributed by atoms with Crippen molar-refractivity contribution in [3.63, 3.8) is 0 Å². The molecule has 0 fully saturated rings. The van der Waals surface area contributed by atoms with Gasteiger partial charge in [-0.15, -0.1) is 0 Å². The molecular formula is C16H24N2O. The normalized spacial score (nSPS) is 12.8.